The van der Waals surface area contributed by atoms with Gasteiger partial charge in [-0.2, -0.15) is 13.2 Å². The Morgan fingerprint density at radius 3 is 2.09 bits per heavy atom. The molecule has 116 valence electrons. The molecule has 0 aliphatic rings. The van der Waals surface area contributed by atoms with Crippen molar-refractivity contribution in [2.24, 2.45) is 0 Å². The zero-order chi connectivity index (χ0) is 16.5. The van der Waals surface area contributed by atoms with E-state index in [0.29, 0.717) is 6.07 Å². The predicted octanol–water partition coefficient (Wildman–Crippen LogP) is 5.15. The molecule has 0 saturated heterocycles. The maximum atomic E-state index is 13.9. The Balaban J connectivity index is 2.50. The molecule has 8 heteroatoms. The molecule has 0 atom stereocenters. The van der Waals surface area contributed by atoms with Crippen molar-refractivity contribution in [1.29, 1.82) is 0 Å². The summed E-state index contributed by atoms with van der Waals surface area (Å²) in [5.41, 5.74) is -2.68. The highest BCUT2D eigenvalue weighted by molar-refractivity contribution is 6.68. The standard InChI is InChI=1S/C14H6ClF5O2/c15-13(21)11-10(22-8-3-1-7(16)2-4-8)6-5-9(12(11)17)14(18,19)20/h1-6H. The van der Waals surface area contributed by atoms with Crippen LogP contribution in [-0.2, 0) is 6.18 Å². The minimum atomic E-state index is -4.99. The van der Waals surface area contributed by atoms with Crippen LogP contribution in [0, 0.1) is 11.6 Å². The molecule has 0 aliphatic carbocycles. The van der Waals surface area contributed by atoms with Crippen LogP contribution in [0.25, 0.3) is 0 Å². The van der Waals surface area contributed by atoms with Gasteiger partial charge in [0.15, 0.2) is 5.82 Å². The average Bonchev–Trinajstić information content (AvgIpc) is 2.39. The van der Waals surface area contributed by atoms with E-state index >= 15 is 0 Å². The van der Waals surface area contributed by atoms with E-state index in [1.54, 1.807) is 0 Å². The van der Waals surface area contributed by atoms with E-state index in [-0.39, 0.29) is 5.75 Å². The zero-order valence-corrected chi connectivity index (χ0v) is 11.3. The topological polar surface area (TPSA) is 26.3 Å². The van der Waals surface area contributed by atoms with E-state index in [4.69, 9.17) is 16.3 Å². The number of halogens is 6. The summed E-state index contributed by atoms with van der Waals surface area (Å²) in [6.07, 6.45) is -4.99. The lowest BCUT2D eigenvalue weighted by Crippen LogP contribution is -2.12. The van der Waals surface area contributed by atoms with Crippen molar-refractivity contribution in [2.45, 2.75) is 6.18 Å². The van der Waals surface area contributed by atoms with Crippen LogP contribution in [0.4, 0.5) is 22.0 Å². The Labute approximate surface area is 126 Å². The first-order chi connectivity index (χ1) is 10.2. The Morgan fingerprint density at radius 2 is 1.59 bits per heavy atom. The highest BCUT2D eigenvalue weighted by Crippen LogP contribution is 2.37. The lowest BCUT2D eigenvalue weighted by molar-refractivity contribution is -0.140. The number of ether oxygens (including phenoxy) is 1. The van der Waals surface area contributed by atoms with Crippen LogP contribution < -0.4 is 4.74 Å². The van der Waals surface area contributed by atoms with Gasteiger partial charge in [-0.25, -0.2) is 8.78 Å². The molecule has 22 heavy (non-hydrogen) atoms. The van der Waals surface area contributed by atoms with Gasteiger partial charge in [-0.1, -0.05) is 0 Å². The second-order valence-corrected chi connectivity index (χ2v) is 4.47. The third-order valence-corrected chi connectivity index (χ3v) is 2.84. The molecule has 2 rings (SSSR count). The summed E-state index contributed by atoms with van der Waals surface area (Å²) < 4.78 is 69.6. The second kappa shape index (κ2) is 5.92. The molecule has 2 aromatic rings. The first-order valence-corrected chi connectivity index (χ1v) is 6.11. The van der Waals surface area contributed by atoms with E-state index in [1.807, 2.05) is 0 Å². The Bertz CT molecular complexity index is 710. The summed E-state index contributed by atoms with van der Waals surface area (Å²) in [6.45, 7) is 0. The fraction of sp³-hybridized carbons (Fsp3) is 0.0714. The summed E-state index contributed by atoms with van der Waals surface area (Å²) in [5.74, 6) is -2.90. The molecule has 0 aromatic heterocycles. The fourth-order valence-electron chi connectivity index (χ4n) is 1.68. The van der Waals surface area contributed by atoms with Gasteiger partial charge in [0.05, 0.1) is 5.56 Å². The largest absolute Gasteiger partial charge is 0.456 e. The molecule has 0 heterocycles. The summed E-state index contributed by atoms with van der Waals surface area (Å²) in [7, 11) is 0. The molecule has 0 fully saturated rings. The third kappa shape index (κ3) is 3.36. The smallest absolute Gasteiger partial charge is 0.419 e. The highest BCUT2D eigenvalue weighted by Gasteiger charge is 2.37. The van der Waals surface area contributed by atoms with E-state index in [0.717, 1.165) is 30.3 Å². The number of alkyl halides is 3. The van der Waals surface area contributed by atoms with Crippen molar-refractivity contribution in [3.8, 4) is 11.5 Å². The van der Waals surface area contributed by atoms with Crippen molar-refractivity contribution in [2.75, 3.05) is 0 Å². The summed E-state index contributed by atoms with van der Waals surface area (Å²) in [4.78, 5) is 11.2. The van der Waals surface area contributed by atoms with Gasteiger partial charge < -0.3 is 4.74 Å². The predicted molar refractivity (Wildman–Crippen MR) is 68.1 cm³/mol. The van der Waals surface area contributed by atoms with E-state index in [9.17, 15) is 26.7 Å². The fourth-order valence-corrected chi connectivity index (χ4v) is 1.85. The van der Waals surface area contributed by atoms with Crippen LogP contribution in [0.5, 0.6) is 11.5 Å². The van der Waals surface area contributed by atoms with E-state index in [2.05, 4.69) is 0 Å². The molecule has 2 aromatic carbocycles. The molecule has 0 N–H and O–H groups in total. The molecule has 0 unspecified atom stereocenters. The molecule has 0 aliphatic heterocycles. The molecule has 0 amide bonds. The normalized spacial score (nSPS) is 11.4. The third-order valence-electron chi connectivity index (χ3n) is 2.65. The van der Waals surface area contributed by atoms with Crippen LogP contribution in [-0.4, -0.2) is 5.24 Å². The van der Waals surface area contributed by atoms with Gasteiger partial charge in [-0.15, -0.1) is 0 Å². The van der Waals surface area contributed by atoms with Crippen molar-refractivity contribution >= 4 is 16.8 Å². The maximum Gasteiger partial charge on any atom is 0.419 e. The summed E-state index contributed by atoms with van der Waals surface area (Å²) >= 11 is 5.14. The first-order valence-electron chi connectivity index (χ1n) is 5.73. The Hall–Kier alpha value is -2.15. The quantitative estimate of drug-likeness (QED) is 0.572. The van der Waals surface area contributed by atoms with Crippen LogP contribution in [0.1, 0.15) is 15.9 Å². The molecule has 0 radical (unpaired) electrons. The monoisotopic (exact) mass is 336 g/mol. The van der Waals surface area contributed by atoms with Gasteiger partial charge in [0.2, 0.25) is 0 Å². The van der Waals surface area contributed by atoms with Crippen LogP contribution in [0.2, 0.25) is 0 Å². The Kier molecular flexibility index (Phi) is 4.37. The van der Waals surface area contributed by atoms with Gasteiger partial charge in [0.1, 0.15) is 22.9 Å². The van der Waals surface area contributed by atoms with Crippen LogP contribution in [0.3, 0.4) is 0 Å². The number of hydrogen-bond acceptors (Lipinski definition) is 2. The zero-order valence-electron chi connectivity index (χ0n) is 10.5. The summed E-state index contributed by atoms with van der Waals surface area (Å²) in [5, 5.41) is -1.44. The molecule has 0 bridgehead atoms. The number of carbonyl (C=O) groups excluding carboxylic acids is 1. The maximum absolute atomic E-state index is 13.9. The van der Waals surface area contributed by atoms with Crippen molar-refractivity contribution < 1.29 is 31.5 Å². The second-order valence-electron chi connectivity index (χ2n) is 4.13. The summed E-state index contributed by atoms with van der Waals surface area (Å²) in [6, 6.07) is 5.57. The number of rotatable bonds is 3. The number of benzene rings is 2. The Morgan fingerprint density at radius 1 is 1.00 bits per heavy atom. The molecule has 2 nitrogen and oxygen atoms in total. The van der Waals surface area contributed by atoms with E-state index < -0.39 is 39.9 Å². The lowest BCUT2D eigenvalue weighted by Gasteiger charge is -2.14. The van der Waals surface area contributed by atoms with E-state index in [1.165, 1.54) is 0 Å². The van der Waals surface area contributed by atoms with Gasteiger partial charge in [0, 0.05) is 0 Å². The number of carbonyl (C=O) groups is 1. The van der Waals surface area contributed by atoms with Crippen LogP contribution in [0.15, 0.2) is 36.4 Å². The van der Waals surface area contributed by atoms with Crippen molar-refractivity contribution in [3.05, 3.63) is 59.2 Å². The van der Waals surface area contributed by atoms with Crippen molar-refractivity contribution in [3.63, 3.8) is 0 Å². The minimum absolute atomic E-state index is 0.000254. The molecule has 0 saturated carbocycles. The van der Waals surface area contributed by atoms with Crippen LogP contribution >= 0.6 is 11.6 Å². The van der Waals surface area contributed by atoms with Gasteiger partial charge in [-0.3, -0.25) is 4.79 Å². The molecular weight excluding hydrogens is 331 g/mol. The molecular formula is C14H6ClF5O2. The van der Waals surface area contributed by atoms with Gasteiger partial charge in [0.25, 0.3) is 5.24 Å². The molecule has 0 spiro atoms. The van der Waals surface area contributed by atoms with Crippen molar-refractivity contribution in [1.82, 2.24) is 0 Å². The SMILES string of the molecule is O=C(Cl)c1c(Oc2ccc(F)cc2)ccc(C(F)(F)F)c1F. The number of hydrogen-bond donors (Lipinski definition) is 0. The van der Waals surface area contributed by atoms with Gasteiger partial charge >= 0.3 is 6.18 Å². The lowest BCUT2D eigenvalue weighted by atomic mass is 10.1. The average molecular weight is 337 g/mol. The first kappa shape index (κ1) is 16.2. The highest BCUT2D eigenvalue weighted by atomic mass is 35.5. The minimum Gasteiger partial charge on any atom is -0.456 e. The van der Waals surface area contributed by atoms with Gasteiger partial charge in [-0.05, 0) is 48.0 Å².